The van der Waals surface area contributed by atoms with Gasteiger partial charge in [-0.1, -0.05) is 13.0 Å². The van der Waals surface area contributed by atoms with Crippen LogP contribution in [0, 0.1) is 0 Å². The van der Waals surface area contributed by atoms with Crippen LogP contribution in [0.25, 0.3) is 0 Å². The summed E-state index contributed by atoms with van der Waals surface area (Å²) in [6, 6.07) is 4.00. The Morgan fingerprint density at radius 3 is 2.96 bits per heavy atom. The van der Waals surface area contributed by atoms with E-state index in [0.29, 0.717) is 13.2 Å². The van der Waals surface area contributed by atoms with Crippen LogP contribution in [-0.2, 0) is 30.7 Å². The number of aromatic nitrogens is 1. The van der Waals surface area contributed by atoms with Crippen molar-refractivity contribution in [1.29, 1.82) is 0 Å². The summed E-state index contributed by atoms with van der Waals surface area (Å²) >= 11 is 1.66. The highest BCUT2D eigenvalue weighted by Crippen LogP contribution is 2.30. The Labute approximate surface area is 169 Å². The molecule has 4 rings (SSSR count). The van der Waals surface area contributed by atoms with Crippen LogP contribution in [0.15, 0.2) is 23.7 Å². The highest BCUT2D eigenvalue weighted by atomic mass is 32.1. The number of aliphatic hydroxyl groups excluding tert-OH is 1. The van der Waals surface area contributed by atoms with Crippen LogP contribution < -0.4 is 0 Å². The zero-order valence-electron chi connectivity index (χ0n) is 16.4. The molecule has 2 aliphatic rings. The van der Waals surface area contributed by atoms with Gasteiger partial charge < -0.3 is 14.7 Å². The van der Waals surface area contributed by atoms with Crippen molar-refractivity contribution in [3.05, 3.63) is 51.0 Å². The van der Waals surface area contributed by atoms with Gasteiger partial charge in [-0.2, -0.15) is 0 Å². The number of nitrogens with zero attached hydrogens (tertiary/aromatic N) is 3. The highest BCUT2D eigenvalue weighted by molar-refractivity contribution is 7.10. The zero-order valence-corrected chi connectivity index (χ0v) is 17.2. The van der Waals surface area contributed by atoms with Gasteiger partial charge in [-0.25, -0.2) is 0 Å². The average molecular weight is 402 g/mol. The summed E-state index contributed by atoms with van der Waals surface area (Å²) in [5, 5.41) is 12.0. The van der Waals surface area contributed by atoms with E-state index in [9.17, 15) is 9.90 Å². The Morgan fingerprint density at radius 1 is 1.43 bits per heavy atom. The smallest absolute Gasteiger partial charge is 0.255 e. The van der Waals surface area contributed by atoms with Crippen molar-refractivity contribution in [1.82, 2.24) is 14.8 Å². The van der Waals surface area contributed by atoms with Gasteiger partial charge in [0.1, 0.15) is 0 Å². The van der Waals surface area contributed by atoms with E-state index in [-0.39, 0.29) is 11.9 Å². The second-order valence-electron chi connectivity index (χ2n) is 7.61. The van der Waals surface area contributed by atoms with Crippen LogP contribution in [0.3, 0.4) is 0 Å². The second kappa shape index (κ2) is 8.29. The standard InChI is InChI=1S/C21H27N3O3S/c1-3-14-4-5-15(22-8-14)9-24-7-6-16-17(13-28-20(16)10-24)21(26)23(2)18-11-27-12-19(18)25/h4-5,8,13,18-19,25H,3,6-7,9-12H2,1-2H3/t18-,19-/m0/s1. The number of carbonyl (C=O) groups excluding carboxylic acids is 1. The summed E-state index contributed by atoms with van der Waals surface area (Å²) in [5.74, 6) is -0.0164. The normalized spacial score (nSPS) is 22.2. The zero-order chi connectivity index (χ0) is 19.7. The van der Waals surface area contributed by atoms with E-state index in [1.165, 1.54) is 16.0 Å². The number of rotatable bonds is 5. The molecule has 6 nitrogen and oxygen atoms in total. The first kappa shape index (κ1) is 19.5. The number of likely N-dealkylation sites (N-methyl/N-ethyl adjacent to an activating group) is 1. The summed E-state index contributed by atoms with van der Waals surface area (Å²) in [7, 11) is 1.76. The number of aryl methyl sites for hydroxylation is 1. The van der Waals surface area contributed by atoms with Crippen molar-refractivity contribution in [2.45, 2.75) is 45.0 Å². The van der Waals surface area contributed by atoms with Crippen LogP contribution in [0.4, 0.5) is 0 Å². The molecule has 1 fully saturated rings. The van der Waals surface area contributed by atoms with Gasteiger partial charge >= 0.3 is 0 Å². The van der Waals surface area contributed by atoms with Gasteiger partial charge in [0, 0.05) is 43.1 Å². The lowest BCUT2D eigenvalue weighted by Crippen LogP contribution is -2.44. The molecule has 0 unspecified atom stereocenters. The number of carbonyl (C=O) groups is 1. The Balaban J connectivity index is 1.43. The van der Waals surface area contributed by atoms with Gasteiger partial charge in [0.05, 0.1) is 36.6 Å². The highest BCUT2D eigenvalue weighted by Gasteiger charge is 2.34. The van der Waals surface area contributed by atoms with Crippen LogP contribution in [0.5, 0.6) is 0 Å². The molecule has 0 radical (unpaired) electrons. The molecule has 2 aromatic rings. The van der Waals surface area contributed by atoms with Gasteiger partial charge in [-0.15, -0.1) is 11.3 Å². The quantitative estimate of drug-likeness (QED) is 0.831. The van der Waals surface area contributed by atoms with Crippen LogP contribution >= 0.6 is 11.3 Å². The van der Waals surface area contributed by atoms with E-state index < -0.39 is 6.10 Å². The predicted molar refractivity (Wildman–Crippen MR) is 108 cm³/mol. The van der Waals surface area contributed by atoms with E-state index in [1.54, 1.807) is 23.3 Å². The minimum Gasteiger partial charge on any atom is -0.388 e. The Morgan fingerprint density at radius 2 is 2.29 bits per heavy atom. The molecule has 2 aliphatic heterocycles. The Hall–Kier alpha value is -1.80. The molecular formula is C21H27N3O3S. The maximum Gasteiger partial charge on any atom is 0.255 e. The molecule has 28 heavy (non-hydrogen) atoms. The number of pyridine rings is 1. The molecule has 4 heterocycles. The topological polar surface area (TPSA) is 65.9 Å². The van der Waals surface area contributed by atoms with E-state index in [1.807, 2.05) is 11.6 Å². The fourth-order valence-corrected chi connectivity index (χ4v) is 5.04. The second-order valence-corrected chi connectivity index (χ2v) is 8.58. The SMILES string of the molecule is CCc1ccc(CN2CCc3c(C(=O)N(C)[C@H]4COC[C@@H]4O)csc3C2)nc1. The minimum atomic E-state index is -0.606. The molecule has 1 N–H and O–H groups in total. The summed E-state index contributed by atoms with van der Waals surface area (Å²) < 4.78 is 5.30. The summed E-state index contributed by atoms with van der Waals surface area (Å²) in [6.07, 6.45) is 3.23. The average Bonchev–Trinajstić information content (AvgIpc) is 3.33. The largest absolute Gasteiger partial charge is 0.388 e. The van der Waals surface area contributed by atoms with Crippen molar-refractivity contribution in [3.8, 4) is 0 Å². The van der Waals surface area contributed by atoms with Crippen molar-refractivity contribution in [3.63, 3.8) is 0 Å². The maximum absolute atomic E-state index is 13.0. The third-order valence-corrected chi connectivity index (χ3v) is 6.79. The Bertz CT molecular complexity index is 836. The minimum absolute atomic E-state index is 0.0164. The monoisotopic (exact) mass is 401 g/mol. The summed E-state index contributed by atoms with van der Waals surface area (Å²) in [6.45, 7) is 5.43. The van der Waals surface area contributed by atoms with E-state index >= 15 is 0 Å². The summed E-state index contributed by atoms with van der Waals surface area (Å²) in [5.41, 5.74) is 4.30. The molecule has 1 amide bonds. The number of hydrogen-bond acceptors (Lipinski definition) is 6. The van der Waals surface area contributed by atoms with Crippen molar-refractivity contribution in [2.24, 2.45) is 0 Å². The number of hydrogen-bond donors (Lipinski definition) is 1. The van der Waals surface area contributed by atoms with Gasteiger partial charge in [0.25, 0.3) is 5.91 Å². The maximum atomic E-state index is 13.0. The number of thiophene rings is 1. The first-order chi connectivity index (χ1) is 13.6. The van der Waals surface area contributed by atoms with Gasteiger partial charge in [0.15, 0.2) is 0 Å². The van der Waals surface area contributed by atoms with E-state index in [4.69, 9.17) is 4.74 Å². The summed E-state index contributed by atoms with van der Waals surface area (Å²) in [4.78, 5) is 22.9. The van der Waals surface area contributed by atoms with Crippen molar-refractivity contribution in [2.75, 3.05) is 26.8 Å². The number of aliphatic hydroxyl groups is 1. The molecule has 2 atom stereocenters. The first-order valence-corrected chi connectivity index (χ1v) is 10.7. The molecule has 0 saturated carbocycles. The number of ether oxygens (including phenoxy) is 1. The van der Waals surface area contributed by atoms with Gasteiger partial charge in [-0.05, 0) is 30.0 Å². The fourth-order valence-electron chi connectivity index (χ4n) is 3.92. The van der Waals surface area contributed by atoms with E-state index in [2.05, 4.69) is 28.9 Å². The fraction of sp³-hybridized carbons (Fsp3) is 0.524. The lowest BCUT2D eigenvalue weighted by atomic mass is 10.0. The lowest BCUT2D eigenvalue weighted by Gasteiger charge is -2.29. The van der Waals surface area contributed by atoms with E-state index in [0.717, 1.165) is 43.7 Å². The molecule has 1 saturated heterocycles. The molecule has 2 aromatic heterocycles. The molecule has 0 spiro atoms. The van der Waals surface area contributed by atoms with Gasteiger partial charge in [-0.3, -0.25) is 14.7 Å². The molecule has 150 valence electrons. The molecule has 0 aliphatic carbocycles. The van der Waals surface area contributed by atoms with Crippen LogP contribution in [0.1, 0.15) is 39.0 Å². The molecule has 0 aromatic carbocycles. The van der Waals surface area contributed by atoms with Gasteiger partial charge in [0.2, 0.25) is 0 Å². The molecular weight excluding hydrogens is 374 g/mol. The van der Waals surface area contributed by atoms with Crippen molar-refractivity contribution >= 4 is 17.2 Å². The predicted octanol–water partition coefficient (Wildman–Crippen LogP) is 2.10. The van der Waals surface area contributed by atoms with Crippen LogP contribution in [0.2, 0.25) is 0 Å². The third kappa shape index (κ3) is 3.85. The lowest BCUT2D eigenvalue weighted by molar-refractivity contribution is 0.0580. The van der Waals surface area contributed by atoms with Crippen LogP contribution in [-0.4, -0.2) is 64.7 Å². The third-order valence-electron chi connectivity index (χ3n) is 5.78. The molecule has 7 heteroatoms. The Kier molecular flexibility index (Phi) is 5.78. The van der Waals surface area contributed by atoms with Crippen molar-refractivity contribution < 1.29 is 14.6 Å². The number of amides is 1. The first-order valence-electron chi connectivity index (χ1n) is 9.85. The number of fused-ring (bicyclic) bond motifs is 1. The molecule has 0 bridgehead atoms.